The van der Waals surface area contributed by atoms with Crippen LogP contribution in [0.4, 0.5) is 4.39 Å². The second-order valence-corrected chi connectivity index (χ2v) is 7.88. The number of halogens is 2. The smallest absolute Gasteiger partial charge is 0.191 e. The Morgan fingerprint density at radius 3 is 2.68 bits per heavy atom. The van der Waals surface area contributed by atoms with Gasteiger partial charge < -0.3 is 15.4 Å². The van der Waals surface area contributed by atoms with Crippen molar-refractivity contribution in [2.45, 2.75) is 32.1 Å². The van der Waals surface area contributed by atoms with Gasteiger partial charge in [0.05, 0.1) is 19.8 Å². The fourth-order valence-electron chi connectivity index (χ4n) is 3.64. The van der Waals surface area contributed by atoms with Crippen LogP contribution in [0, 0.1) is 11.7 Å². The van der Waals surface area contributed by atoms with Gasteiger partial charge in [-0.3, -0.25) is 9.89 Å². The van der Waals surface area contributed by atoms with Crippen LogP contribution < -0.4 is 10.6 Å². The lowest BCUT2D eigenvalue weighted by atomic mass is 9.96. The van der Waals surface area contributed by atoms with E-state index in [0.29, 0.717) is 12.5 Å². The summed E-state index contributed by atoms with van der Waals surface area (Å²) >= 11 is 0. The van der Waals surface area contributed by atoms with E-state index in [1.807, 2.05) is 6.07 Å². The van der Waals surface area contributed by atoms with Crippen molar-refractivity contribution < 1.29 is 9.13 Å². The summed E-state index contributed by atoms with van der Waals surface area (Å²) < 4.78 is 19.0. The molecule has 2 N–H and O–H groups in total. The molecule has 5 nitrogen and oxygen atoms in total. The molecule has 2 fully saturated rings. The fraction of sp³-hybridized carbons (Fsp3) is 0.667. The lowest BCUT2D eigenvalue weighted by molar-refractivity contribution is 0.0320. The summed E-state index contributed by atoms with van der Waals surface area (Å²) in [6, 6.07) is 6.99. The summed E-state index contributed by atoms with van der Waals surface area (Å²) in [4.78, 5) is 7.27. The molecule has 1 aliphatic carbocycles. The number of nitrogens with one attached hydrogen (secondary N) is 2. The van der Waals surface area contributed by atoms with Crippen LogP contribution in [0.5, 0.6) is 0 Å². The number of rotatable bonds is 8. The van der Waals surface area contributed by atoms with Crippen molar-refractivity contribution in [1.29, 1.82) is 0 Å². The summed E-state index contributed by atoms with van der Waals surface area (Å²) in [6.45, 7) is 11.6. The summed E-state index contributed by atoms with van der Waals surface area (Å²) in [5, 5.41) is 6.82. The number of ether oxygens (including phenoxy) is 1. The van der Waals surface area contributed by atoms with Gasteiger partial charge in [0.2, 0.25) is 0 Å². The highest BCUT2D eigenvalue weighted by Crippen LogP contribution is 2.48. The predicted molar refractivity (Wildman–Crippen MR) is 123 cm³/mol. The minimum Gasteiger partial charge on any atom is -0.379 e. The lowest BCUT2D eigenvalue weighted by Crippen LogP contribution is -2.44. The fourth-order valence-corrected chi connectivity index (χ4v) is 3.64. The number of guanidine groups is 1. The minimum absolute atomic E-state index is 0. The highest BCUT2D eigenvalue weighted by atomic mass is 127. The Morgan fingerprint density at radius 1 is 1.29 bits per heavy atom. The zero-order valence-electron chi connectivity index (χ0n) is 17.0. The van der Waals surface area contributed by atoms with Gasteiger partial charge in [0.1, 0.15) is 5.82 Å². The van der Waals surface area contributed by atoms with E-state index in [-0.39, 0.29) is 35.2 Å². The van der Waals surface area contributed by atoms with E-state index in [1.165, 1.54) is 6.07 Å². The van der Waals surface area contributed by atoms with Gasteiger partial charge in [-0.15, -0.1) is 24.0 Å². The maximum absolute atomic E-state index is 13.6. The zero-order valence-corrected chi connectivity index (χ0v) is 19.4. The summed E-state index contributed by atoms with van der Waals surface area (Å²) in [6.07, 6.45) is 2.15. The van der Waals surface area contributed by atoms with Crippen molar-refractivity contribution in [3.05, 3.63) is 35.6 Å². The molecule has 1 unspecified atom stereocenters. The molecule has 0 spiro atoms. The molecule has 28 heavy (non-hydrogen) atoms. The summed E-state index contributed by atoms with van der Waals surface area (Å²) in [5.41, 5.74) is 1.09. The largest absolute Gasteiger partial charge is 0.379 e. The maximum atomic E-state index is 13.6. The van der Waals surface area contributed by atoms with Crippen LogP contribution in [0.1, 0.15) is 32.3 Å². The van der Waals surface area contributed by atoms with Crippen molar-refractivity contribution in [1.82, 2.24) is 15.5 Å². The van der Waals surface area contributed by atoms with Crippen molar-refractivity contribution in [2.75, 3.05) is 52.5 Å². The molecule has 7 heteroatoms. The Morgan fingerprint density at radius 2 is 2.04 bits per heavy atom. The molecular weight excluding hydrogens is 470 g/mol. The Balaban J connectivity index is 0.00000280. The quantitative estimate of drug-likeness (QED) is 0.325. The third kappa shape index (κ3) is 6.84. The molecule has 158 valence electrons. The molecule has 0 radical (unpaired) electrons. The highest BCUT2D eigenvalue weighted by Gasteiger charge is 2.44. The number of nitrogens with zero attached hydrogens (tertiary/aromatic N) is 2. The van der Waals surface area contributed by atoms with E-state index in [9.17, 15) is 4.39 Å². The van der Waals surface area contributed by atoms with Crippen LogP contribution in [0.3, 0.4) is 0 Å². The number of hydrogen-bond donors (Lipinski definition) is 2. The molecule has 0 amide bonds. The maximum Gasteiger partial charge on any atom is 0.191 e. The van der Waals surface area contributed by atoms with Gasteiger partial charge in [-0.05, 0) is 43.4 Å². The van der Waals surface area contributed by atoms with E-state index >= 15 is 0 Å². The van der Waals surface area contributed by atoms with E-state index in [2.05, 4.69) is 29.4 Å². The van der Waals surface area contributed by atoms with Gasteiger partial charge in [-0.1, -0.05) is 19.1 Å². The van der Waals surface area contributed by atoms with Crippen LogP contribution >= 0.6 is 24.0 Å². The average molecular weight is 504 g/mol. The third-order valence-electron chi connectivity index (χ3n) is 5.47. The molecule has 1 aromatic carbocycles. The van der Waals surface area contributed by atoms with Crippen molar-refractivity contribution >= 4 is 29.9 Å². The average Bonchev–Trinajstić information content (AvgIpc) is 3.46. The first kappa shape index (κ1) is 23.3. The monoisotopic (exact) mass is 504 g/mol. The molecule has 1 saturated heterocycles. The molecule has 1 heterocycles. The molecule has 2 aliphatic rings. The Labute approximate surface area is 185 Å². The van der Waals surface area contributed by atoms with Crippen LogP contribution in [-0.2, 0) is 10.2 Å². The molecule has 1 aromatic rings. The van der Waals surface area contributed by atoms with Crippen LogP contribution in [0.2, 0.25) is 0 Å². The Bertz CT molecular complexity index is 633. The van der Waals surface area contributed by atoms with Crippen LogP contribution in [0.15, 0.2) is 29.3 Å². The second kappa shape index (κ2) is 11.3. The van der Waals surface area contributed by atoms with Gasteiger partial charge in [0, 0.05) is 38.1 Å². The SMILES string of the molecule is CCNC(=NCC1(c2cccc(F)c2)CC1)NCC(C)CN1CCOCC1.I. The normalized spacial score (nSPS) is 20.2. The molecule has 1 atom stereocenters. The predicted octanol–water partition coefficient (Wildman–Crippen LogP) is 3.00. The van der Waals surface area contributed by atoms with Crippen LogP contribution in [-0.4, -0.2) is 63.3 Å². The first-order valence-corrected chi connectivity index (χ1v) is 10.2. The number of aliphatic imine (C=N–C) groups is 1. The molecule has 3 rings (SSSR count). The Hall–Kier alpha value is -0.930. The highest BCUT2D eigenvalue weighted by molar-refractivity contribution is 14.0. The van der Waals surface area contributed by atoms with Crippen LogP contribution in [0.25, 0.3) is 0 Å². The topological polar surface area (TPSA) is 48.9 Å². The standard InChI is InChI=1S/C21H33FN4O.HI/c1-3-23-20(24-14-17(2)15-26-9-11-27-12-10-26)25-16-21(7-8-21)18-5-4-6-19(22)13-18;/h4-6,13,17H,3,7-12,14-16H2,1-2H3,(H2,23,24,25);1H. The van der Waals surface area contributed by atoms with Crippen molar-refractivity contribution in [2.24, 2.45) is 10.9 Å². The molecule has 1 saturated carbocycles. The molecular formula is C21H34FIN4O. The first-order valence-electron chi connectivity index (χ1n) is 10.2. The molecule has 0 aromatic heterocycles. The molecule has 0 bridgehead atoms. The Kier molecular flexibility index (Phi) is 9.43. The van der Waals surface area contributed by atoms with E-state index in [1.54, 1.807) is 12.1 Å². The van der Waals surface area contributed by atoms with Crippen molar-refractivity contribution in [3.8, 4) is 0 Å². The lowest BCUT2D eigenvalue weighted by Gasteiger charge is -2.29. The zero-order chi connectivity index (χ0) is 19.1. The van der Waals surface area contributed by atoms with Gasteiger partial charge in [0.25, 0.3) is 0 Å². The van der Waals surface area contributed by atoms with Gasteiger partial charge in [-0.25, -0.2) is 4.39 Å². The van der Waals surface area contributed by atoms with E-state index in [4.69, 9.17) is 9.73 Å². The first-order chi connectivity index (χ1) is 13.1. The number of morpholine rings is 1. The number of hydrogen-bond acceptors (Lipinski definition) is 3. The van der Waals surface area contributed by atoms with Crippen molar-refractivity contribution in [3.63, 3.8) is 0 Å². The minimum atomic E-state index is -0.162. The van der Waals surface area contributed by atoms with E-state index in [0.717, 1.165) is 70.3 Å². The van der Waals surface area contributed by atoms with Gasteiger partial charge in [-0.2, -0.15) is 0 Å². The summed E-state index contributed by atoms with van der Waals surface area (Å²) in [5.74, 6) is 1.23. The third-order valence-corrected chi connectivity index (χ3v) is 5.47. The van der Waals surface area contributed by atoms with E-state index < -0.39 is 0 Å². The van der Waals surface area contributed by atoms with Gasteiger partial charge >= 0.3 is 0 Å². The molecule has 1 aliphatic heterocycles. The number of benzene rings is 1. The second-order valence-electron chi connectivity index (χ2n) is 7.88. The summed E-state index contributed by atoms with van der Waals surface area (Å²) in [7, 11) is 0. The van der Waals surface area contributed by atoms with Gasteiger partial charge in [0.15, 0.2) is 5.96 Å².